The number of alkyl halides is 2. The Bertz CT molecular complexity index is 643. The summed E-state index contributed by atoms with van der Waals surface area (Å²) in [7, 11) is 0. The summed E-state index contributed by atoms with van der Waals surface area (Å²) in [5.41, 5.74) is -1.36. The van der Waals surface area contributed by atoms with E-state index in [4.69, 9.17) is 0 Å². The molecule has 1 saturated carbocycles. The first-order valence-corrected chi connectivity index (χ1v) is 6.19. The summed E-state index contributed by atoms with van der Waals surface area (Å²) in [5, 5.41) is 2.08. The van der Waals surface area contributed by atoms with E-state index in [1.165, 1.54) is 24.3 Å². The normalized spacial score (nSPS) is 20.0. The number of imide groups is 2. The standard InChI is InChI=1S/C13H10F2N2O4/c14-11(15)21-8-4-2-1-3-7(8)17-10(19)13(5-6-13)9(18)16-12(17)20/h1-4,11H,5-6H2,(H,16,18,20). The molecule has 0 unspecified atom stereocenters. The molecular formula is C13H10F2N2O4. The highest BCUT2D eigenvalue weighted by Crippen LogP contribution is 2.50. The number of rotatable bonds is 3. The number of anilines is 1. The van der Waals surface area contributed by atoms with E-state index in [1.54, 1.807) is 0 Å². The quantitative estimate of drug-likeness (QED) is 0.861. The number of carbonyl (C=O) groups excluding carboxylic acids is 3. The Balaban J connectivity index is 2.01. The molecule has 1 aliphatic heterocycles. The second kappa shape index (κ2) is 4.51. The molecule has 1 aromatic carbocycles. The molecule has 1 aromatic rings. The van der Waals surface area contributed by atoms with E-state index in [0.717, 1.165) is 0 Å². The van der Waals surface area contributed by atoms with Crippen LogP contribution < -0.4 is 15.0 Å². The lowest BCUT2D eigenvalue weighted by Crippen LogP contribution is -2.59. The van der Waals surface area contributed by atoms with Crippen LogP contribution in [-0.4, -0.2) is 24.5 Å². The molecule has 1 N–H and O–H groups in total. The number of urea groups is 1. The molecule has 110 valence electrons. The Morgan fingerprint density at radius 3 is 2.48 bits per heavy atom. The van der Waals surface area contributed by atoms with E-state index in [1.807, 2.05) is 0 Å². The molecule has 1 saturated heterocycles. The van der Waals surface area contributed by atoms with Crippen LogP contribution in [0.4, 0.5) is 19.3 Å². The van der Waals surface area contributed by atoms with Gasteiger partial charge in [0.05, 0.1) is 5.69 Å². The molecule has 2 aliphatic rings. The summed E-state index contributed by atoms with van der Waals surface area (Å²) in [6.07, 6.45) is 0.665. The van der Waals surface area contributed by atoms with Crippen molar-refractivity contribution in [2.45, 2.75) is 19.5 Å². The maximum atomic E-state index is 12.4. The fraction of sp³-hybridized carbons (Fsp3) is 0.308. The van der Waals surface area contributed by atoms with E-state index >= 15 is 0 Å². The van der Waals surface area contributed by atoms with E-state index in [-0.39, 0.29) is 11.4 Å². The number of barbiturate groups is 1. The Morgan fingerprint density at radius 1 is 1.19 bits per heavy atom. The van der Waals surface area contributed by atoms with Crippen molar-refractivity contribution < 1.29 is 27.9 Å². The summed E-state index contributed by atoms with van der Waals surface area (Å²) in [5.74, 6) is -1.65. The van der Waals surface area contributed by atoms with Crippen molar-refractivity contribution in [1.29, 1.82) is 0 Å². The van der Waals surface area contributed by atoms with Crippen LogP contribution in [0.1, 0.15) is 12.8 Å². The van der Waals surface area contributed by atoms with Gasteiger partial charge in [0.15, 0.2) is 0 Å². The van der Waals surface area contributed by atoms with Gasteiger partial charge in [0.1, 0.15) is 11.2 Å². The smallest absolute Gasteiger partial charge is 0.387 e. The van der Waals surface area contributed by atoms with Gasteiger partial charge < -0.3 is 4.74 Å². The van der Waals surface area contributed by atoms with Gasteiger partial charge >= 0.3 is 12.6 Å². The molecule has 0 bridgehead atoms. The average molecular weight is 296 g/mol. The van der Waals surface area contributed by atoms with E-state index in [0.29, 0.717) is 17.7 Å². The Hall–Kier alpha value is -2.51. The van der Waals surface area contributed by atoms with Crippen LogP contribution in [0.25, 0.3) is 0 Å². The lowest BCUT2D eigenvalue weighted by molar-refractivity contribution is -0.136. The van der Waals surface area contributed by atoms with Crippen LogP contribution in [0.2, 0.25) is 0 Å². The minimum absolute atomic E-state index is 0.112. The van der Waals surface area contributed by atoms with Gasteiger partial charge in [-0.05, 0) is 25.0 Å². The summed E-state index contributed by atoms with van der Waals surface area (Å²) in [6, 6.07) is 4.47. The van der Waals surface area contributed by atoms with Gasteiger partial charge in [-0.3, -0.25) is 14.9 Å². The van der Waals surface area contributed by atoms with Crippen LogP contribution in [0, 0.1) is 5.41 Å². The highest BCUT2D eigenvalue weighted by molar-refractivity contribution is 6.31. The molecule has 8 heteroatoms. The van der Waals surface area contributed by atoms with Crippen molar-refractivity contribution in [3.8, 4) is 5.75 Å². The number of para-hydroxylation sites is 2. The predicted molar refractivity (Wildman–Crippen MR) is 65.8 cm³/mol. The second-order valence-electron chi connectivity index (χ2n) is 4.83. The molecule has 0 radical (unpaired) electrons. The van der Waals surface area contributed by atoms with Gasteiger partial charge in [-0.1, -0.05) is 12.1 Å². The fourth-order valence-corrected chi connectivity index (χ4v) is 2.30. The molecule has 1 spiro atoms. The SMILES string of the molecule is O=C1NC(=O)C2(CC2)C(=O)N1c1ccccc1OC(F)F. The molecule has 3 rings (SSSR count). The molecule has 2 fully saturated rings. The van der Waals surface area contributed by atoms with Gasteiger partial charge in [-0.2, -0.15) is 8.78 Å². The third-order valence-corrected chi connectivity index (χ3v) is 3.54. The number of ether oxygens (including phenoxy) is 1. The molecule has 0 atom stereocenters. The molecule has 6 nitrogen and oxygen atoms in total. The van der Waals surface area contributed by atoms with Crippen molar-refractivity contribution in [3.05, 3.63) is 24.3 Å². The summed E-state index contributed by atoms with van der Waals surface area (Å²) >= 11 is 0. The number of nitrogens with one attached hydrogen (secondary N) is 1. The molecule has 1 aliphatic carbocycles. The minimum Gasteiger partial charge on any atom is -0.433 e. The highest BCUT2D eigenvalue weighted by atomic mass is 19.3. The molecule has 1 heterocycles. The summed E-state index contributed by atoms with van der Waals surface area (Å²) in [4.78, 5) is 36.7. The van der Waals surface area contributed by atoms with Gasteiger partial charge in [0, 0.05) is 0 Å². The Labute approximate surface area is 117 Å². The Kier molecular flexibility index (Phi) is 2.89. The maximum absolute atomic E-state index is 12.4. The number of benzene rings is 1. The van der Waals surface area contributed by atoms with Crippen LogP contribution in [0.3, 0.4) is 0 Å². The van der Waals surface area contributed by atoms with Crippen LogP contribution in [0.5, 0.6) is 5.75 Å². The van der Waals surface area contributed by atoms with Gasteiger partial charge in [-0.25, -0.2) is 9.69 Å². The van der Waals surface area contributed by atoms with Crippen molar-refractivity contribution >= 4 is 23.5 Å². The zero-order chi connectivity index (χ0) is 15.2. The topological polar surface area (TPSA) is 75.7 Å². The van der Waals surface area contributed by atoms with Crippen LogP contribution >= 0.6 is 0 Å². The molecule has 21 heavy (non-hydrogen) atoms. The first-order chi connectivity index (χ1) is 9.95. The number of nitrogens with zero attached hydrogens (tertiary/aromatic N) is 1. The molecular weight excluding hydrogens is 286 g/mol. The van der Waals surface area contributed by atoms with Gasteiger partial charge in [-0.15, -0.1) is 0 Å². The third-order valence-electron chi connectivity index (χ3n) is 3.54. The van der Waals surface area contributed by atoms with E-state index < -0.39 is 29.9 Å². The lowest BCUT2D eigenvalue weighted by atomic mass is 10.0. The lowest BCUT2D eigenvalue weighted by Gasteiger charge is -2.30. The first-order valence-electron chi connectivity index (χ1n) is 6.19. The zero-order valence-corrected chi connectivity index (χ0v) is 10.6. The van der Waals surface area contributed by atoms with Crippen molar-refractivity contribution in [2.24, 2.45) is 5.41 Å². The van der Waals surface area contributed by atoms with E-state index in [2.05, 4.69) is 10.1 Å². The number of hydrogen-bond donors (Lipinski definition) is 1. The largest absolute Gasteiger partial charge is 0.433 e. The highest BCUT2D eigenvalue weighted by Gasteiger charge is 2.62. The third kappa shape index (κ3) is 2.03. The monoisotopic (exact) mass is 296 g/mol. The zero-order valence-electron chi connectivity index (χ0n) is 10.6. The number of hydrogen-bond acceptors (Lipinski definition) is 4. The number of carbonyl (C=O) groups is 3. The Morgan fingerprint density at radius 2 is 1.86 bits per heavy atom. The van der Waals surface area contributed by atoms with Crippen molar-refractivity contribution in [2.75, 3.05) is 4.90 Å². The number of halogens is 2. The second-order valence-corrected chi connectivity index (χ2v) is 4.83. The van der Waals surface area contributed by atoms with Crippen molar-refractivity contribution in [1.82, 2.24) is 5.32 Å². The van der Waals surface area contributed by atoms with Gasteiger partial charge in [0.2, 0.25) is 5.91 Å². The molecule has 4 amide bonds. The minimum atomic E-state index is -3.09. The summed E-state index contributed by atoms with van der Waals surface area (Å²) < 4.78 is 29.1. The van der Waals surface area contributed by atoms with Crippen LogP contribution in [0.15, 0.2) is 24.3 Å². The summed E-state index contributed by atoms with van der Waals surface area (Å²) in [6.45, 7) is -3.09. The molecule has 0 aromatic heterocycles. The van der Waals surface area contributed by atoms with Crippen LogP contribution in [-0.2, 0) is 9.59 Å². The predicted octanol–water partition coefficient (Wildman–Crippen LogP) is 1.65. The maximum Gasteiger partial charge on any atom is 0.387 e. The van der Waals surface area contributed by atoms with E-state index in [9.17, 15) is 23.2 Å². The number of amides is 4. The fourth-order valence-electron chi connectivity index (χ4n) is 2.30. The van der Waals surface area contributed by atoms with Gasteiger partial charge in [0.25, 0.3) is 5.91 Å². The average Bonchev–Trinajstić information content (AvgIpc) is 3.20. The first kappa shape index (κ1) is 13.5. The van der Waals surface area contributed by atoms with Crippen molar-refractivity contribution in [3.63, 3.8) is 0 Å².